The Morgan fingerprint density at radius 1 is 1.25 bits per heavy atom. The van der Waals surface area contributed by atoms with Gasteiger partial charge in [-0.15, -0.1) is 0 Å². The molecule has 0 spiro atoms. The maximum atomic E-state index is 5.46. The molecule has 2 atom stereocenters. The average molecular weight is 226 g/mol. The number of nitrogens with one attached hydrogen (secondary N) is 1. The lowest BCUT2D eigenvalue weighted by atomic mass is 9.98. The first-order chi connectivity index (χ1) is 7.62. The molecule has 2 unspecified atom stereocenters. The van der Waals surface area contributed by atoms with E-state index in [-0.39, 0.29) is 5.60 Å². The molecule has 2 heterocycles. The molecule has 2 aliphatic heterocycles. The summed E-state index contributed by atoms with van der Waals surface area (Å²) in [6, 6.07) is 1.48. The maximum absolute atomic E-state index is 5.46. The second-order valence-corrected chi connectivity index (χ2v) is 5.84. The lowest BCUT2D eigenvalue weighted by Crippen LogP contribution is -2.48. The fourth-order valence-corrected chi connectivity index (χ4v) is 2.93. The zero-order chi connectivity index (χ0) is 11.6. The fourth-order valence-electron chi connectivity index (χ4n) is 2.93. The summed E-state index contributed by atoms with van der Waals surface area (Å²) < 4.78 is 5.46. The molecular weight excluding hydrogens is 200 g/mol. The number of nitrogens with zero attached hydrogens (tertiary/aromatic N) is 1. The lowest BCUT2D eigenvalue weighted by Gasteiger charge is -2.34. The Labute approximate surface area is 99.5 Å². The number of rotatable bonds is 4. The summed E-state index contributed by atoms with van der Waals surface area (Å²) >= 11 is 0. The molecule has 2 fully saturated rings. The summed E-state index contributed by atoms with van der Waals surface area (Å²) in [6.45, 7) is 7.85. The molecule has 0 radical (unpaired) electrons. The maximum Gasteiger partial charge on any atom is 0.0746 e. The summed E-state index contributed by atoms with van der Waals surface area (Å²) in [5.74, 6) is 0. The van der Waals surface area contributed by atoms with Gasteiger partial charge in [0.2, 0.25) is 0 Å². The van der Waals surface area contributed by atoms with E-state index in [2.05, 4.69) is 24.1 Å². The van der Waals surface area contributed by atoms with Gasteiger partial charge in [0.05, 0.1) is 5.60 Å². The van der Waals surface area contributed by atoms with Crippen molar-refractivity contribution >= 4 is 0 Å². The van der Waals surface area contributed by atoms with E-state index in [0.29, 0.717) is 6.04 Å². The summed E-state index contributed by atoms with van der Waals surface area (Å²) in [6.07, 6.45) is 5.50. The van der Waals surface area contributed by atoms with Crippen LogP contribution < -0.4 is 5.32 Å². The molecule has 0 aromatic rings. The molecule has 0 bridgehead atoms. The van der Waals surface area contributed by atoms with E-state index in [0.717, 1.165) is 12.6 Å². The number of methoxy groups -OCH3 is 1. The highest BCUT2D eigenvalue weighted by atomic mass is 16.5. The molecule has 16 heavy (non-hydrogen) atoms. The molecule has 0 aromatic carbocycles. The van der Waals surface area contributed by atoms with E-state index in [4.69, 9.17) is 4.74 Å². The van der Waals surface area contributed by atoms with Gasteiger partial charge in [0.15, 0.2) is 0 Å². The first-order valence-electron chi connectivity index (χ1n) is 6.65. The molecule has 94 valence electrons. The van der Waals surface area contributed by atoms with E-state index >= 15 is 0 Å². The molecule has 3 nitrogen and oxygen atoms in total. The zero-order valence-electron chi connectivity index (χ0n) is 11.0. The highest BCUT2D eigenvalue weighted by Gasteiger charge is 2.35. The van der Waals surface area contributed by atoms with Crippen LogP contribution in [0.2, 0.25) is 0 Å². The van der Waals surface area contributed by atoms with Crippen LogP contribution in [0, 0.1) is 0 Å². The molecule has 2 rings (SSSR count). The number of piperidine rings is 1. The lowest BCUT2D eigenvalue weighted by molar-refractivity contribution is 0.0195. The topological polar surface area (TPSA) is 24.5 Å². The Hall–Kier alpha value is -0.120. The Bertz CT molecular complexity index is 230. The van der Waals surface area contributed by atoms with Crippen molar-refractivity contribution in [3.05, 3.63) is 0 Å². The monoisotopic (exact) mass is 226 g/mol. The predicted octanol–water partition coefficient (Wildman–Crippen LogP) is 1.63. The molecular formula is C13H26N2O. The number of hydrogen-bond acceptors (Lipinski definition) is 3. The van der Waals surface area contributed by atoms with Crippen LogP contribution in [0.5, 0.6) is 0 Å². The first kappa shape index (κ1) is 12.3. The van der Waals surface area contributed by atoms with Crippen LogP contribution in [-0.2, 0) is 4.74 Å². The summed E-state index contributed by atoms with van der Waals surface area (Å²) in [5.41, 5.74) is -0.0396. The van der Waals surface area contributed by atoms with Crippen molar-refractivity contribution in [2.45, 2.75) is 57.2 Å². The minimum Gasteiger partial charge on any atom is -0.377 e. The highest BCUT2D eigenvalue weighted by molar-refractivity contribution is 4.94. The fraction of sp³-hybridized carbons (Fsp3) is 1.00. The molecule has 0 aliphatic carbocycles. The van der Waals surface area contributed by atoms with Crippen molar-refractivity contribution in [2.75, 3.05) is 26.7 Å². The second-order valence-electron chi connectivity index (χ2n) is 5.84. The molecule has 2 aliphatic rings. The molecule has 3 heteroatoms. The molecule has 0 aromatic heterocycles. The van der Waals surface area contributed by atoms with Crippen LogP contribution in [-0.4, -0.2) is 49.3 Å². The Balaban J connectivity index is 1.82. The Kier molecular flexibility index (Phi) is 3.88. The third-order valence-electron chi connectivity index (χ3n) is 4.20. The second kappa shape index (κ2) is 5.03. The van der Waals surface area contributed by atoms with E-state index < -0.39 is 0 Å². The van der Waals surface area contributed by atoms with E-state index in [1.807, 2.05) is 0 Å². The van der Waals surface area contributed by atoms with Crippen molar-refractivity contribution in [3.63, 3.8) is 0 Å². The predicted molar refractivity (Wildman–Crippen MR) is 66.7 cm³/mol. The van der Waals surface area contributed by atoms with Crippen molar-refractivity contribution in [1.29, 1.82) is 0 Å². The van der Waals surface area contributed by atoms with Gasteiger partial charge in [-0.2, -0.15) is 0 Å². The minimum atomic E-state index is -0.0396. The smallest absolute Gasteiger partial charge is 0.0746 e. The van der Waals surface area contributed by atoms with Gasteiger partial charge in [-0.3, -0.25) is 4.90 Å². The van der Waals surface area contributed by atoms with Crippen LogP contribution in [0.4, 0.5) is 0 Å². The third-order valence-corrected chi connectivity index (χ3v) is 4.20. The molecule has 2 saturated heterocycles. The van der Waals surface area contributed by atoms with Gasteiger partial charge in [-0.05, 0) is 39.7 Å². The standard InChI is InChI=1S/C13H26N2O/c1-13(2,16-3)10-14-11-7-9-15-8-5-4-6-12(11)15/h11-12,14H,4-10H2,1-3H3. The van der Waals surface area contributed by atoms with Crippen LogP contribution >= 0.6 is 0 Å². The van der Waals surface area contributed by atoms with E-state index in [9.17, 15) is 0 Å². The van der Waals surface area contributed by atoms with Crippen LogP contribution in [0.1, 0.15) is 39.5 Å². The van der Waals surface area contributed by atoms with E-state index in [1.54, 1.807) is 7.11 Å². The highest BCUT2D eigenvalue weighted by Crippen LogP contribution is 2.27. The van der Waals surface area contributed by atoms with Crippen LogP contribution in [0.3, 0.4) is 0 Å². The summed E-state index contributed by atoms with van der Waals surface area (Å²) in [7, 11) is 1.79. The van der Waals surface area contributed by atoms with Crippen molar-refractivity contribution < 1.29 is 4.74 Å². The SMILES string of the molecule is COC(C)(C)CNC1CCN2CCCCC12. The van der Waals surface area contributed by atoms with E-state index in [1.165, 1.54) is 38.8 Å². The Morgan fingerprint density at radius 3 is 2.81 bits per heavy atom. The summed E-state index contributed by atoms with van der Waals surface area (Å²) in [5, 5.41) is 3.71. The van der Waals surface area contributed by atoms with Gasteiger partial charge in [0, 0.05) is 32.3 Å². The quantitative estimate of drug-likeness (QED) is 0.788. The number of ether oxygens (including phenoxy) is 1. The van der Waals surface area contributed by atoms with Gasteiger partial charge in [-0.25, -0.2) is 0 Å². The van der Waals surface area contributed by atoms with Crippen LogP contribution in [0.15, 0.2) is 0 Å². The zero-order valence-corrected chi connectivity index (χ0v) is 11.0. The normalized spacial score (nSPS) is 31.7. The van der Waals surface area contributed by atoms with Crippen LogP contribution in [0.25, 0.3) is 0 Å². The van der Waals surface area contributed by atoms with Crippen molar-refractivity contribution in [3.8, 4) is 0 Å². The third kappa shape index (κ3) is 2.76. The average Bonchev–Trinajstić information content (AvgIpc) is 2.70. The number of fused-ring (bicyclic) bond motifs is 1. The largest absolute Gasteiger partial charge is 0.377 e. The van der Waals surface area contributed by atoms with Crippen molar-refractivity contribution in [2.24, 2.45) is 0 Å². The van der Waals surface area contributed by atoms with Gasteiger partial charge in [-0.1, -0.05) is 6.42 Å². The molecule has 0 saturated carbocycles. The van der Waals surface area contributed by atoms with Gasteiger partial charge < -0.3 is 10.1 Å². The first-order valence-corrected chi connectivity index (χ1v) is 6.65. The van der Waals surface area contributed by atoms with Gasteiger partial charge >= 0.3 is 0 Å². The molecule has 0 amide bonds. The molecule has 1 N–H and O–H groups in total. The number of hydrogen-bond donors (Lipinski definition) is 1. The van der Waals surface area contributed by atoms with Crippen molar-refractivity contribution in [1.82, 2.24) is 10.2 Å². The minimum absolute atomic E-state index is 0.0396. The van der Waals surface area contributed by atoms with Gasteiger partial charge in [0.1, 0.15) is 0 Å². The van der Waals surface area contributed by atoms with Gasteiger partial charge in [0.25, 0.3) is 0 Å². The summed E-state index contributed by atoms with van der Waals surface area (Å²) in [4.78, 5) is 2.67. The Morgan fingerprint density at radius 2 is 2.06 bits per heavy atom.